The third-order valence-corrected chi connectivity index (χ3v) is 7.44. The molecule has 7 heteroatoms. The summed E-state index contributed by atoms with van der Waals surface area (Å²) in [6, 6.07) is 8.10. The molecule has 6 nitrogen and oxygen atoms in total. The number of carbonyl (C=O) groups is 1. The number of amides is 1. The molecule has 0 N–H and O–H groups in total. The number of likely N-dealkylation sites (N-methyl/N-ethyl adjacent to an activating group) is 1. The standard InChI is InChI=1S/C19H29N3O3S/c1-15-5-4-6-17(13-15)22-10-8-21(9-11-22)16(2)19(23)20(3)18-7-12-26(24,25)14-18/h4-6,13,16,18H,7-12,14H2,1-3H3/t16-,18+/m0/s1. The largest absolute Gasteiger partial charge is 0.369 e. The zero-order valence-corrected chi connectivity index (χ0v) is 16.7. The average Bonchev–Trinajstić information content (AvgIpc) is 3.00. The van der Waals surface area contributed by atoms with E-state index in [1.54, 1.807) is 11.9 Å². The number of hydrogen-bond acceptors (Lipinski definition) is 5. The molecule has 0 aliphatic carbocycles. The lowest BCUT2D eigenvalue weighted by molar-refractivity contribution is -0.136. The van der Waals surface area contributed by atoms with Crippen molar-refractivity contribution in [2.45, 2.75) is 32.4 Å². The van der Waals surface area contributed by atoms with Crippen molar-refractivity contribution in [3.8, 4) is 0 Å². The van der Waals surface area contributed by atoms with Gasteiger partial charge in [-0.25, -0.2) is 8.42 Å². The fourth-order valence-electron chi connectivity index (χ4n) is 3.90. The van der Waals surface area contributed by atoms with Crippen LogP contribution in [0.2, 0.25) is 0 Å². The number of sulfone groups is 1. The Kier molecular flexibility index (Phi) is 5.58. The summed E-state index contributed by atoms with van der Waals surface area (Å²) >= 11 is 0. The third kappa shape index (κ3) is 4.20. The molecule has 3 rings (SSSR count). The Morgan fingerprint density at radius 1 is 1.23 bits per heavy atom. The van der Waals surface area contributed by atoms with Crippen molar-refractivity contribution in [2.24, 2.45) is 0 Å². The molecule has 1 amide bonds. The van der Waals surface area contributed by atoms with Crippen LogP contribution in [0.15, 0.2) is 24.3 Å². The molecule has 144 valence electrons. The van der Waals surface area contributed by atoms with Crippen molar-refractivity contribution in [1.29, 1.82) is 0 Å². The highest BCUT2D eigenvalue weighted by atomic mass is 32.2. The molecule has 0 spiro atoms. The van der Waals surface area contributed by atoms with Crippen LogP contribution in [0, 0.1) is 6.92 Å². The summed E-state index contributed by atoms with van der Waals surface area (Å²) in [6.45, 7) is 7.48. The van der Waals surface area contributed by atoms with Crippen molar-refractivity contribution in [3.63, 3.8) is 0 Å². The van der Waals surface area contributed by atoms with Gasteiger partial charge < -0.3 is 9.80 Å². The predicted octanol–water partition coefficient (Wildman–Crippen LogP) is 1.15. The van der Waals surface area contributed by atoms with E-state index in [4.69, 9.17) is 0 Å². The summed E-state index contributed by atoms with van der Waals surface area (Å²) in [4.78, 5) is 19.0. The molecule has 0 aromatic heterocycles. The number of piperazine rings is 1. The second kappa shape index (κ2) is 7.56. The first kappa shape index (κ1) is 19.2. The van der Waals surface area contributed by atoms with E-state index in [0.717, 1.165) is 26.2 Å². The lowest BCUT2D eigenvalue weighted by Crippen LogP contribution is -2.55. The molecule has 2 heterocycles. The van der Waals surface area contributed by atoms with Gasteiger partial charge in [-0.2, -0.15) is 0 Å². The number of rotatable bonds is 4. The van der Waals surface area contributed by atoms with Gasteiger partial charge in [0.25, 0.3) is 0 Å². The first-order valence-corrected chi connectivity index (χ1v) is 11.1. The molecule has 0 unspecified atom stereocenters. The van der Waals surface area contributed by atoms with Gasteiger partial charge in [-0.1, -0.05) is 12.1 Å². The van der Waals surface area contributed by atoms with E-state index in [1.165, 1.54) is 11.3 Å². The maximum absolute atomic E-state index is 12.8. The van der Waals surface area contributed by atoms with Gasteiger partial charge in [-0.3, -0.25) is 9.69 Å². The van der Waals surface area contributed by atoms with Crippen LogP contribution >= 0.6 is 0 Å². The number of anilines is 1. The van der Waals surface area contributed by atoms with Gasteiger partial charge in [0.1, 0.15) is 0 Å². The molecule has 2 fully saturated rings. The van der Waals surface area contributed by atoms with Gasteiger partial charge in [-0.05, 0) is 38.0 Å². The predicted molar refractivity (Wildman–Crippen MR) is 104 cm³/mol. The van der Waals surface area contributed by atoms with Crippen LogP contribution in [0.3, 0.4) is 0 Å². The quantitative estimate of drug-likeness (QED) is 0.785. The zero-order chi connectivity index (χ0) is 18.9. The van der Waals surface area contributed by atoms with Gasteiger partial charge >= 0.3 is 0 Å². The smallest absolute Gasteiger partial charge is 0.239 e. The van der Waals surface area contributed by atoms with E-state index in [-0.39, 0.29) is 29.5 Å². The zero-order valence-electron chi connectivity index (χ0n) is 15.9. The molecule has 0 bridgehead atoms. The second-order valence-electron chi connectivity index (χ2n) is 7.54. The van der Waals surface area contributed by atoms with Crippen molar-refractivity contribution >= 4 is 21.4 Å². The summed E-state index contributed by atoms with van der Waals surface area (Å²) < 4.78 is 23.4. The Hall–Kier alpha value is -1.60. The molecule has 2 atom stereocenters. The van der Waals surface area contributed by atoms with Crippen molar-refractivity contribution in [3.05, 3.63) is 29.8 Å². The maximum atomic E-state index is 12.8. The third-order valence-electron chi connectivity index (χ3n) is 5.69. The van der Waals surface area contributed by atoms with Crippen LogP contribution in [-0.4, -0.2) is 80.9 Å². The molecule has 0 radical (unpaired) electrons. The van der Waals surface area contributed by atoms with E-state index in [0.29, 0.717) is 6.42 Å². The van der Waals surface area contributed by atoms with Gasteiger partial charge in [0.2, 0.25) is 5.91 Å². The highest BCUT2D eigenvalue weighted by molar-refractivity contribution is 7.91. The molecular formula is C19H29N3O3S. The molecular weight excluding hydrogens is 350 g/mol. The fourth-order valence-corrected chi connectivity index (χ4v) is 5.68. The topological polar surface area (TPSA) is 60.9 Å². The molecule has 2 aliphatic rings. The summed E-state index contributed by atoms with van der Waals surface area (Å²) in [5, 5.41) is 0. The Labute approximate surface area is 156 Å². The lowest BCUT2D eigenvalue weighted by atomic mass is 10.1. The Bertz CT molecular complexity index is 757. The van der Waals surface area contributed by atoms with Crippen LogP contribution in [0.4, 0.5) is 5.69 Å². The minimum Gasteiger partial charge on any atom is -0.369 e. The Morgan fingerprint density at radius 2 is 1.92 bits per heavy atom. The van der Waals surface area contributed by atoms with Crippen LogP contribution in [-0.2, 0) is 14.6 Å². The van der Waals surface area contributed by atoms with Crippen LogP contribution in [0.5, 0.6) is 0 Å². The molecule has 0 saturated carbocycles. The molecule has 2 aliphatic heterocycles. The molecule has 26 heavy (non-hydrogen) atoms. The number of nitrogens with zero attached hydrogens (tertiary/aromatic N) is 3. The van der Waals surface area contributed by atoms with E-state index in [2.05, 4.69) is 41.0 Å². The van der Waals surface area contributed by atoms with E-state index < -0.39 is 9.84 Å². The molecule has 1 aromatic carbocycles. The Balaban J connectivity index is 1.56. The molecule has 2 saturated heterocycles. The van der Waals surface area contributed by atoms with Gasteiger partial charge in [-0.15, -0.1) is 0 Å². The SMILES string of the molecule is Cc1cccc(N2CCN([C@@H](C)C(=O)N(C)[C@@H]3CCS(=O)(=O)C3)CC2)c1. The van der Waals surface area contributed by atoms with E-state index >= 15 is 0 Å². The van der Waals surface area contributed by atoms with Crippen LogP contribution < -0.4 is 4.90 Å². The van der Waals surface area contributed by atoms with Crippen LogP contribution in [0.1, 0.15) is 18.9 Å². The second-order valence-corrected chi connectivity index (χ2v) is 9.77. The van der Waals surface area contributed by atoms with Gasteiger partial charge in [0, 0.05) is 45.0 Å². The number of hydrogen-bond donors (Lipinski definition) is 0. The summed E-state index contributed by atoms with van der Waals surface area (Å²) in [6.07, 6.45) is 0.554. The van der Waals surface area contributed by atoms with Crippen LogP contribution in [0.25, 0.3) is 0 Å². The fraction of sp³-hybridized carbons (Fsp3) is 0.632. The Morgan fingerprint density at radius 3 is 2.50 bits per heavy atom. The summed E-state index contributed by atoms with van der Waals surface area (Å²) in [7, 11) is -1.24. The monoisotopic (exact) mass is 379 g/mol. The van der Waals surface area contributed by atoms with E-state index in [1.807, 2.05) is 6.92 Å². The normalized spacial score (nSPS) is 24.4. The van der Waals surface area contributed by atoms with Crippen molar-refractivity contribution in [2.75, 3.05) is 49.6 Å². The number of carbonyl (C=O) groups excluding carboxylic acids is 1. The van der Waals surface area contributed by atoms with Gasteiger partial charge in [0.05, 0.1) is 17.5 Å². The minimum absolute atomic E-state index is 0.0242. The average molecular weight is 380 g/mol. The van der Waals surface area contributed by atoms with Crippen molar-refractivity contribution < 1.29 is 13.2 Å². The number of benzene rings is 1. The van der Waals surface area contributed by atoms with E-state index in [9.17, 15) is 13.2 Å². The lowest BCUT2D eigenvalue weighted by Gasteiger charge is -2.40. The maximum Gasteiger partial charge on any atom is 0.239 e. The highest BCUT2D eigenvalue weighted by Crippen LogP contribution is 2.21. The minimum atomic E-state index is -2.98. The van der Waals surface area contributed by atoms with Crippen molar-refractivity contribution in [1.82, 2.24) is 9.80 Å². The van der Waals surface area contributed by atoms with Gasteiger partial charge in [0.15, 0.2) is 9.84 Å². The first-order valence-electron chi connectivity index (χ1n) is 9.29. The first-order chi connectivity index (χ1) is 12.3. The highest BCUT2D eigenvalue weighted by Gasteiger charge is 2.35. The molecule has 1 aromatic rings. The summed E-state index contributed by atoms with van der Waals surface area (Å²) in [5.74, 6) is 0.318. The number of aryl methyl sites for hydroxylation is 1. The summed E-state index contributed by atoms with van der Waals surface area (Å²) in [5.41, 5.74) is 2.48.